The Kier molecular flexibility index (Phi) is 9.79. The van der Waals surface area contributed by atoms with Crippen molar-refractivity contribution in [1.29, 1.82) is 0 Å². The van der Waals surface area contributed by atoms with Crippen LogP contribution in [0.25, 0.3) is 0 Å². The normalized spacial score (nSPS) is 22.9. The third-order valence-corrected chi connectivity index (χ3v) is 11.2. The van der Waals surface area contributed by atoms with E-state index >= 15 is 0 Å². The van der Waals surface area contributed by atoms with Gasteiger partial charge in [0, 0.05) is 64.3 Å². The van der Waals surface area contributed by atoms with Crippen molar-refractivity contribution in [2.24, 2.45) is 5.92 Å². The molecule has 3 fully saturated rings. The third-order valence-electron chi connectivity index (χ3n) is 9.21. The summed E-state index contributed by atoms with van der Waals surface area (Å²) in [6.07, 6.45) is -1.36. The minimum absolute atomic E-state index is 0.00531. The molecule has 3 aliphatic rings. The molecule has 7 nitrogen and oxygen atoms in total. The van der Waals surface area contributed by atoms with Crippen molar-refractivity contribution in [3.05, 3.63) is 65.5 Å². The Balaban J connectivity index is 1.25. The first kappa shape index (κ1) is 31.9. The maximum Gasteiger partial charge on any atom is 0.416 e. The number of piperazine rings is 1. The molecular formula is C31H40F4N4O3S. The number of hydrogen-bond acceptors (Lipinski definition) is 5. The number of amides is 1. The van der Waals surface area contributed by atoms with Gasteiger partial charge in [0.2, 0.25) is 15.9 Å². The molecule has 3 heterocycles. The SMILES string of the molecule is CN1CCN(C(c2cccc(F)c2)C2CCN(C(=O)CC3CCCCN3S(=O)(=O)c3cccc(C(F)(F)F)c3)CC2)CC1. The van der Waals surface area contributed by atoms with E-state index < -0.39 is 32.7 Å². The van der Waals surface area contributed by atoms with Crippen LogP contribution >= 0.6 is 0 Å². The lowest BCUT2D eigenvalue weighted by Crippen LogP contribution is -2.50. The quantitative estimate of drug-likeness (QED) is 0.406. The van der Waals surface area contributed by atoms with E-state index in [9.17, 15) is 30.8 Å². The number of carbonyl (C=O) groups excluding carboxylic acids is 1. The molecule has 236 valence electrons. The second kappa shape index (κ2) is 13.2. The zero-order chi connectivity index (χ0) is 30.8. The van der Waals surface area contributed by atoms with Gasteiger partial charge in [-0.1, -0.05) is 24.6 Å². The average molecular weight is 625 g/mol. The predicted octanol–water partition coefficient (Wildman–Crippen LogP) is 5.01. The molecule has 2 aromatic carbocycles. The van der Waals surface area contributed by atoms with Crippen LogP contribution in [-0.2, 0) is 21.0 Å². The first-order valence-electron chi connectivity index (χ1n) is 15.1. The van der Waals surface area contributed by atoms with Crippen LogP contribution in [0.5, 0.6) is 0 Å². The molecule has 0 radical (unpaired) electrons. The number of nitrogens with zero attached hydrogens (tertiary/aromatic N) is 4. The fourth-order valence-corrected chi connectivity index (χ4v) is 8.57. The summed E-state index contributed by atoms with van der Waals surface area (Å²) in [6, 6.07) is 10.0. The number of likely N-dealkylation sites (N-methyl/N-ethyl adjacent to an activating group) is 1. The summed E-state index contributed by atoms with van der Waals surface area (Å²) in [5.41, 5.74) is -0.0684. The van der Waals surface area contributed by atoms with Gasteiger partial charge in [-0.05, 0) is 74.5 Å². The van der Waals surface area contributed by atoms with E-state index in [-0.39, 0.29) is 36.6 Å². The van der Waals surface area contributed by atoms with Crippen LogP contribution in [0.1, 0.15) is 55.7 Å². The molecule has 0 aromatic heterocycles. The highest BCUT2D eigenvalue weighted by atomic mass is 32.2. The van der Waals surface area contributed by atoms with Crippen molar-refractivity contribution in [2.45, 2.75) is 61.7 Å². The highest BCUT2D eigenvalue weighted by Crippen LogP contribution is 2.37. The van der Waals surface area contributed by atoms with Gasteiger partial charge in [-0.15, -0.1) is 0 Å². The monoisotopic (exact) mass is 624 g/mol. The van der Waals surface area contributed by atoms with Crippen molar-refractivity contribution in [3.63, 3.8) is 0 Å². The van der Waals surface area contributed by atoms with Crippen molar-refractivity contribution in [1.82, 2.24) is 19.0 Å². The molecule has 43 heavy (non-hydrogen) atoms. The summed E-state index contributed by atoms with van der Waals surface area (Å²) in [4.78, 5) is 19.6. The van der Waals surface area contributed by atoms with Crippen LogP contribution in [0.4, 0.5) is 17.6 Å². The number of alkyl halides is 3. The lowest BCUT2D eigenvalue weighted by Gasteiger charge is -2.44. The molecule has 2 unspecified atom stereocenters. The Hall–Kier alpha value is -2.54. The fourth-order valence-electron chi connectivity index (χ4n) is 6.83. The Bertz CT molecular complexity index is 1370. The number of rotatable bonds is 7. The summed E-state index contributed by atoms with van der Waals surface area (Å²) >= 11 is 0. The van der Waals surface area contributed by atoms with Gasteiger partial charge in [0.1, 0.15) is 5.82 Å². The zero-order valence-corrected chi connectivity index (χ0v) is 25.3. The largest absolute Gasteiger partial charge is 0.416 e. The summed E-state index contributed by atoms with van der Waals surface area (Å²) in [6.45, 7) is 4.85. The van der Waals surface area contributed by atoms with E-state index in [0.29, 0.717) is 32.0 Å². The number of halogens is 4. The van der Waals surface area contributed by atoms with Gasteiger partial charge < -0.3 is 9.80 Å². The molecule has 3 saturated heterocycles. The Labute approximate surface area is 251 Å². The van der Waals surface area contributed by atoms with E-state index in [4.69, 9.17) is 0 Å². The van der Waals surface area contributed by atoms with Crippen LogP contribution < -0.4 is 0 Å². The molecule has 0 bridgehead atoms. The van der Waals surface area contributed by atoms with Crippen molar-refractivity contribution >= 4 is 15.9 Å². The molecule has 0 aliphatic carbocycles. The molecule has 2 aromatic rings. The van der Waals surface area contributed by atoms with E-state index in [1.807, 2.05) is 6.07 Å². The van der Waals surface area contributed by atoms with Crippen molar-refractivity contribution in [2.75, 3.05) is 52.9 Å². The topological polar surface area (TPSA) is 64.2 Å². The molecule has 1 amide bonds. The molecule has 2 atom stereocenters. The molecule has 0 N–H and O–H groups in total. The Morgan fingerprint density at radius 1 is 0.907 bits per heavy atom. The van der Waals surface area contributed by atoms with E-state index in [1.54, 1.807) is 17.0 Å². The molecular weight excluding hydrogens is 584 g/mol. The molecule has 5 rings (SSSR count). The second-order valence-electron chi connectivity index (χ2n) is 12.1. The van der Waals surface area contributed by atoms with Gasteiger partial charge in [-0.3, -0.25) is 9.69 Å². The van der Waals surface area contributed by atoms with Crippen LogP contribution in [0.15, 0.2) is 53.4 Å². The number of hydrogen-bond donors (Lipinski definition) is 0. The summed E-state index contributed by atoms with van der Waals surface area (Å²) in [5.74, 6) is -0.167. The second-order valence-corrected chi connectivity index (χ2v) is 13.9. The van der Waals surface area contributed by atoms with Gasteiger partial charge in [0.05, 0.1) is 10.5 Å². The third kappa shape index (κ3) is 7.41. The van der Waals surface area contributed by atoms with Gasteiger partial charge in [-0.2, -0.15) is 17.5 Å². The number of sulfonamides is 1. The number of benzene rings is 2. The molecule has 12 heteroatoms. The van der Waals surface area contributed by atoms with Gasteiger partial charge >= 0.3 is 6.18 Å². The highest BCUT2D eigenvalue weighted by molar-refractivity contribution is 7.89. The minimum atomic E-state index is -4.66. The predicted molar refractivity (Wildman–Crippen MR) is 155 cm³/mol. The van der Waals surface area contributed by atoms with Crippen LogP contribution in [-0.4, -0.2) is 92.2 Å². The smallest absolute Gasteiger partial charge is 0.343 e. The lowest BCUT2D eigenvalue weighted by molar-refractivity contribution is -0.137. The van der Waals surface area contributed by atoms with Gasteiger partial charge in [-0.25, -0.2) is 12.8 Å². The molecule has 0 saturated carbocycles. The van der Waals surface area contributed by atoms with Crippen LogP contribution in [0, 0.1) is 11.7 Å². The van der Waals surface area contributed by atoms with E-state index in [1.165, 1.54) is 16.4 Å². The van der Waals surface area contributed by atoms with Crippen molar-refractivity contribution in [3.8, 4) is 0 Å². The van der Waals surface area contributed by atoms with Crippen molar-refractivity contribution < 1.29 is 30.8 Å². The molecule has 0 spiro atoms. The van der Waals surface area contributed by atoms with E-state index in [0.717, 1.165) is 63.1 Å². The van der Waals surface area contributed by atoms with E-state index in [2.05, 4.69) is 16.8 Å². The summed E-state index contributed by atoms with van der Waals surface area (Å²) in [5, 5.41) is 0. The number of carbonyl (C=O) groups is 1. The maximum atomic E-state index is 14.2. The zero-order valence-electron chi connectivity index (χ0n) is 24.5. The number of piperidine rings is 2. The first-order chi connectivity index (χ1) is 20.4. The minimum Gasteiger partial charge on any atom is -0.343 e. The van der Waals surface area contributed by atoms with Gasteiger partial charge in [0.25, 0.3) is 0 Å². The maximum absolute atomic E-state index is 14.2. The summed E-state index contributed by atoms with van der Waals surface area (Å²) < 4.78 is 82.3. The number of likely N-dealkylation sites (tertiary alicyclic amines) is 1. The fraction of sp³-hybridized carbons (Fsp3) is 0.581. The Morgan fingerprint density at radius 2 is 1.60 bits per heavy atom. The molecule has 3 aliphatic heterocycles. The van der Waals surface area contributed by atoms with Crippen LogP contribution in [0.3, 0.4) is 0 Å². The van der Waals surface area contributed by atoms with Gasteiger partial charge in [0.15, 0.2) is 0 Å². The van der Waals surface area contributed by atoms with Crippen LogP contribution in [0.2, 0.25) is 0 Å². The first-order valence-corrected chi connectivity index (χ1v) is 16.5. The average Bonchev–Trinajstić information content (AvgIpc) is 2.98. The summed E-state index contributed by atoms with van der Waals surface area (Å²) in [7, 11) is -2.12. The highest BCUT2D eigenvalue weighted by Gasteiger charge is 2.39. The lowest BCUT2D eigenvalue weighted by atomic mass is 9.83. The Morgan fingerprint density at radius 3 is 2.28 bits per heavy atom. The standard InChI is InChI=1S/C31H40F4N4O3S/c1-36-16-18-38(19-17-36)30(24-6-4-8-26(32)20-24)23-11-14-37(15-12-23)29(40)22-27-9-2-3-13-39(27)43(41,42)28-10-5-7-25(21-28)31(33,34)35/h4-8,10,20-21,23,27,30H,2-3,9,11-19,22H2,1H3.